The van der Waals surface area contributed by atoms with Gasteiger partial charge in [0, 0.05) is 0 Å². The molecule has 1 aromatic rings. The van der Waals surface area contributed by atoms with Gasteiger partial charge in [-0.2, -0.15) is 0 Å². The highest BCUT2D eigenvalue weighted by Gasteiger charge is 2.30. The van der Waals surface area contributed by atoms with Gasteiger partial charge in [-0.1, -0.05) is 39.3 Å². The normalized spacial score (nSPS) is 12.9. The molecule has 0 aromatic heterocycles. The van der Waals surface area contributed by atoms with E-state index in [-0.39, 0.29) is 0 Å². The third-order valence-corrected chi connectivity index (χ3v) is 7.20. The molecule has 0 aliphatic carbocycles. The Bertz CT molecular complexity index is 440. The van der Waals surface area contributed by atoms with E-state index in [9.17, 15) is 10.2 Å². The average Bonchev–Trinajstić information content (AvgIpc) is 2.07. The van der Waals surface area contributed by atoms with Crippen LogP contribution < -0.4 is 10.4 Å². The summed E-state index contributed by atoms with van der Waals surface area (Å²) in [4.78, 5) is 0. The van der Waals surface area contributed by atoms with Gasteiger partial charge in [0.25, 0.3) is 0 Å². The number of phenols is 2. The van der Waals surface area contributed by atoms with Gasteiger partial charge in [0.05, 0.1) is 16.1 Å². The van der Waals surface area contributed by atoms with Crippen molar-refractivity contribution >= 4 is 26.5 Å². The number of hydrogen-bond donors (Lipinski definition) is 2. The van der Waals surface area contributed by atoms with Crippen LogP contribution in [0.15, 0.2) is 6.07 Å². The Kier molecular flexibility index (Phi) is 3.51. The van der Waals surface area contributed by atoms with Crippen molar-refractivity contribution in [2.24, 2.45) is 0 Å². The van der Waals surface area contributed by atoms with Crippen molar-refractivity contribution in [1.29, 1.82) is 0 Å². The maximum absolute atomic E-state index is 10.5. The van der Waals surface area contributed by atoms with Crippen LogP contribution in [0.2, 0.25) is 39.3 Å². The zero-order chi connectivity index (χ0) is 13.6. The van der Waals surface area contributed by atoms with Crippen LogP contribution in [0.25, 0.3) is 0 Å². The van der Waals surface area contributed by atoms with Gasteiger partial charge in [0.2, 0.25) is 0 Å². The van der Waals surface area contributed by atoms with Crippen molar-refractivity contribution in [3.05, 3.63) is 11.6 Å². The molecule has 1 aromatic carbocycles. The van der Waals surface area contributed by atoms with Crippen LogP contribution in [0.5, 0.6) is 11.5 Å². The number of rotatable bonds is 2. The van der Waals surface area contributed by atoms with E-state index < -0.39 is 16.1 Å². The summed E-state index contributed by atoms with van der Waals surface area (Å²) in [5, 5.41) is 22.6. The minimum Gasteiger partial charge on any atom is -0.508 e. The standard InChI is InChI=1S/C13H24O2Si2/c1-9-10(14)8-11(16(2,3)4)12(15)13(9)17(5,6)7/h8,14-15H,1-7H3. The molecule has 0 aliphatic heterocycles. The van der Waals surface area contributed by atoms with Crippen LogP contribution in [0.4, 0.5) is 0 Å². The highest BCUT2D eigenvalue weighted by Crippen LogP contribution is 2.24. The Balaban J connectivity index is 3.67. The minimum absolute atomic E-state index is 0.331. The zero-order valence-electron chi connectivity index (χ0n) is 12.0. The van der Waals surface area contributed by atoms with Gasteiger partial charge in [-0.15, -0.1) is 0 Å². The van der Waals surface area contributed by atoms with E-state index in [1.807, 2.05) is 6.92 Å². The summed E-state index contributed by atoms with van der Waals surface area (Å²) >= 11 is 0. The van der Waals surface area contributed by atoms with Crippen molar-refractivity contribution in [3.8, 4) is 11.5 Å². The molecule has 0 saturated heterocycles. The van der Waals surface area contributed by atoms with Crippen LogP contribution in [0.1, 0.15) is 5.56 Å². The molecular weight excluding hydrogens is 244 g/mol. The van der Waals surface area contributed by atoms with Gasteiger partial charge in [-0.05, 0) is 28.9 Å². The van der Waals surface area contributed by atoms with E-state index in [1.54, 1.807) is 6.07 Å². The smallest absolute Gasteiger partial charge is 0.118 e. The summed E-state index contributed by atoms with van der Waals surface area (Å²) in [5.74, 6) is 0.774. The molecule has 0 radical (unpaired) electrons. The molecule has 2 N–H and O–H groups in total. The topological polar surface area (TPSA) is 40.5 Å². The lowest BCUT2D eigenvalue weighted by Crippen LogP contribution is -2.46. The first-order valence-corrected chi connectivity index (χ1v) is 13.0. The third kappa shape index (κ3) is 2.74. The molecule has 4 heteroatoms. The molecule has 96 valence electrons. The summed E-state index contributed by atoms with van der Waals surface area (Å²) < 4.78 is 0. The molecule has 0 atom stereocenters. The van der Waals surface area contributed by atoms with Crippen molar-refractivity contribution in [1.82, 2.24) is 0 Å². The second kappa shape index (κ2) is 4.17. The SMILES string of the molecule is Cc1c(O)cc([Si](C)(C)C)c(O)c1[Si](C)(C)C. The van der Waals surface area contributed by atoms with E-state index in [0.717, 1.165) is 15.9 Å². The molecule has 0 bridgehead atoms. The Hall–Kier alpha value is -0.746. The van der Waals surface area contributed by atoms with Crippen molar-refractivity contribution in [2.45, 2.75) is 46.2 Å². The molecular formula is C13H24O2Si2. The van der Waals surface area contributed by atoms with E-state index in [0.29, 0.717) is 11.5 Å². The molecule has 0 fully saturated rings. The van der Waals surface area contributed by atoms with Crippen LogP contribution >= 0.6 is 0 Å². The lowest BCUT2D eigenvalue weighted by atomic mass is 10.2. The molecule has 0 aliphatic rings. The molecule has 0 spiro atoms. The molecule has 0 amide bonds. The Morgan fingerprint density at radius 3 is 1.71 bits per heavy atom. The molecule has 2 nitrogen and oxygen atoms in total. The van der Waals surface area contributed by atoms with Crippen LogP contribution in [0, 0.1) is 6.92 Å². The highest BCUT2D eigenvalue weighted by molar-refractivity contribution is 6.93. The molecule has 0 unspecified atom stereocenters. The highest BCUT2D eigenvalue weighted by atomic mass is 28.3. The third-order valence-electron chi connectivity index (χ3n) is 3.09. The second-order valence-corrected chi connectivity index (χ2v) is 16.8. The molecule has 0 saturated carbocycles. The largest absolute Gasteiger partial charge is 0.508 e. The van der Waals surface area contributed by atoms with E-state index in [2.05, 4.69) is 39.3 Å². The minimum atomic E-state index is -1.65. The number of hydrogen-bond acceptors (Lipinski definition) is 2. The Labute approximate surface area is 106 Å². The number of aromatic hydroxyl groups is 2. The molecule has 0 heterocycles. The molecule has 17 heavy (non-hydrogen) atoms. The van der Waals surface area contributed by atoms with Gasteiger partial charge >= 0.3 is 0 Å². The monoisotopic (exact) mass is 268 g/mol. The quantitative estimate of drug-likeness (QED) is 0.639. The first-order chi connectivity index (χ1) is 7.46. The number of benzene rings is 1. The van der Waals surface area contributed by atoms with E-state index >= 15 is 0 Å². The van der Waals surface area contributed by atoms with Crippen molar-refractivity contribution in [3.63, 3.8) is 0 Å². The van der Waals surface area contributed by atoms with Gasteiger partial charge in [-0.25, -0.2) is 0 Å². The summed E-state index contributed by atoms with van der Waals surface area (Å²) in [6, 6.07) is 1.76. The van der Waals surface area contributed by atoms with Gasteiger partial charge < -0.3 is 10.2 Å². The summed E-state index contributed by atoms with van der Waals surface area (Å²) in [6.07, 6.45) is 0. The maximum Gasteiger partial charge on any atom is 0.118 e. The summed E-state index contributed by atoms with van der Waals surface area (Å²) in [5.41, 5.74) is 0.851. The predicted octanol–water partition coefficient (Wildman–Crippen LogP) is 2.50. The lowest BCUT2D eigenvalue weighted by molar-refractivity contribution is 0.462. The fourth-order valence-corrected chi connectivity index (χ4v) is 5.87. The first kappa shape index (κ1) is 14.3. The van der Waals surface area contributed by atoms with Crippen LogP contribution in [-0.2, 0) is 0 Å². The van der Waals surface area contributed by atoms with E-state index in [4.69, 9.17) is 0 Å². The average molecular weight is 269 g/mol. The maximum atomic E-state index is 10.5. The number of phenolic OH excluding ortho intramolecular Hbond substituents is 2. The van der Waals surface area contributed by atoms with Gasteiger partial charge in [0.15, 0.2) is 0 Å². The Morgan fingerprint density at radius 2 is 1.35 bits per heavy atom. The lowest BCUT2D eigenvalue weighted by Gasteiger charge is -2.27. The summed E-state index contributed by atoms with van der Waals surface area (Å²) in [6.45, 7) is 15.0. The second-order valence-electron chi connectivity index (χ2n) is 6.79. The van der Waals surface area contributed by atoms with Gasteiger partial charge in [-0.3, -0.25) is 0 Å². The first-order valence-electron chi connectivity index (χ1n) is 6.02. The van der Waals surface area contributed by atoms with Crippen LogP contribution in [-0.4, -0.2) is 26.4 Å². The van der Waals surface area contributed by atoms with Crippen molar-refractivity contribution in [2.75, 3.05) is 0 Å². The summed E-state index contributed by atoms with van der Waals surface area (Å²) in [7, 11) is -3.28. The fraction of sp³-hybridized carbons (Fsp3) is 0.538. The predicted molar refractivity (Wildman–Crippen MR) is 80.5 cm³/mol. The van der Waals surface area contributed by atoms with Gasteiger partial charge in [0.1, 0.15) is 11.5 Å². The van der Waals surface area contributed by atoms with Crippen molar-refractivity contribution < 1.29 is 10.2 Å². The van der Waals surface area contributed by atoms with E-state index in [1.165, 1.54) is 0 Å². The Morgan fingerprint density at radius 1 is 0.882 bits per heavy atom. The zero-order valence-corrected chi connectivity index (χ0v) is 14.0. The molecule has 1 rings (SSSR count). The van der Waals surface area contributed by atoms with Crippen LogP contribution in [0.3, 0.4) is 0 Å². The fourth-order valence-electron chi connectivity index (χ4n) is 2.24.